The van der Waals surface area contributed by atoms with Crippen LogP contribution >= 0.6 is 22.9 Å². The molecule has 1 saturated heterocycles. The Balaban J connectivity index is 1.40. The molecule has 13 heteroatoms. The third kappa shape index (κ3) is 6.62. The smallest absolute Gasteiger partial charge is 0.352 e. The lowest BCUT2D eigenvalue weighted by Crippen LogP contribution is -2.49. The highest BCUT2D eigenvalue weighted by Crippen LogP contribution is 2.34. The zero-order valence-electron chi connectivity index (χ0n) is 18.7. The van der Waals surface area contributed by atoms with Gasteiger partial charge >= 0.3 is 6.18 Å². The van der Waals surface area contributed by atoms with E-state index in [1.54, 1.807) is 23.1 Å². The second-order valence-electron chi connectivity index (χ2n) is 8.46. The molecule has 1 aromatic carbocycles. The monoisotopic (exact) mass is 546 g/mol. The molecule has 3 heterocycles. The van der Waals surface area contributed by atoms with Crippen molar-refractivity contribution in [2.45, 2.75) is 24.8 Å². The van der Waals surface area contributed by atoms with Gasteiger partial charge in [-0.1, -0.05) is 23.7 Å². The van der Waals surface area contributed by atoms with Gasteiger partial charge in [-0.25, -0.2) is 18.4 Å². The molecule has 35 heavy (non-hydrogen) atoms. The normalized spacial score (nSPS) is 15.1. The van der Waals surface area contributed by atoms with Crippen LogP contribution in [0.25, 0.3) is 10.2 Å². The minimum absolute atomic E-state index is 0.0844. The second-order valence-corrected chi connectivity index (χ2v) is 12.1. The summed E-state index contributed by atoms with van der Waals surface area (Å²) in [5, 5.41) is 0.922. The number of rotatable bonds is 6. The van der Waals surface area contributed by atoms with Crippen LogP contribution in [0.5, 0.6) is 0 Å². The Kier molecular flexibility index (Phi) is 7.26. The number of benzene rings is 1. The number of hydrogen-bond acceptors (Lipinski definition) is 7. The number of sulfone groups is 1. The molecule has 0 unspecified atom stereocenters. The van der Waals surface area contributed by atoms with Crippen molar-refractivity contribution in [3.63, 3.8) is 0 Å². The van der Waals surface area contributed by atoms with Crippen LogP contribution < -0.4 is 4.90 Å². The van der Waals surface area contributed by atoms with Crippen molar-refractivity contribution in [1.29, 1.82) is 0 Å². The molecule has 3 aromatic rings. The average molecular weight is 547 g/mol. The first kappa shape index (κ1) is 25.6. The molecule has 0 bridgehead atoms. The van der Waals surface area contributed by atoms with E-state index < -0.39 is 22.4 Å². The van der Waals surface area contributed by atoms with Gasteiger partial charge in [0, 0.05) is 42.3 Å². The first-order valence-electron chi connectivity index (χ1n) is 10.7. The average Bonchev–Trinajstić information content (AvgIpc) is 3.15. The molecule has 188 valence electrons. The lowest BCUT2D eigenvalue weighted by atomic mass is 10.1. The van der Waals surface area contributed by atoms with Crippen LogP contribution in [0.4, 0.5) is 19.0 Å². The van der Waals surface area contributed by atoms with Gasteiger partial charge in [0.1, 0.15) is 17.0 Å². The van der Waals surface area contributed by atoms with Gasteiger partial charge in [0.25, 0.3) is 0 Å². The number of hydrogen-bond donors (Lipinski definition) is 0. The molecule has 1 amide bonds. The standard InChI is InChI=1S/C22H22ClF3N4O3S2/c1-35(32,33)12-14-2-3-15(18(23)8-14)9-19(31)29-4-6-30(7-5-29)20-17-10-16(11-22(24,25)26)34-21(17)28-13-27-20/h2-3,8,10,13H,4-7,9,11-12H2,1H3. The van der Waals surface area contributed by atoms with Gasteiger partial charge in [-0.2, -0.15) is 13.2 Å². The third-order valence-electron chi connectivity index (χ3n) is 5.55. The number of alkyl halides is 3. The summed E-state index contributed by atoms with van der Waals surface area (Å²) in [7, 11) is -3.19. The molecule has 0 saturated carbocycles. The highest BCUT2D eigenvalue weighted by molar-refractivity contribution is 7.89. The maximum atomic E-state index is 12.8. The Morgan fingerprint density at radius 3 is 2.49 bits per heavy atom. The van der Waals surface area contributed by atoms with E-state index in [9.17, 15) is 26.4 Å². The van der Waals surface area contributed by atoms with Gasteiger partial charge in [-0.05, 0) is 23.3 Å². The van der Waals surface area contributed by atoms with Crippen LogP contribution in [0.2, 0.25) is 5.02 Å². The van der Waals surface area contributed by atoms with Crippen molar-refractivity contribution < 1.29 is 26.4 Å². The number of nitrogens with zero attached hydrogens (tertiary/aromatic N) is 4. The number of piperazine rings is 1. The van der Waals surface area contributed by atoms with Crippen LogP contribution in [-0.2, 0) is 33.2 Å². The van der Waals surface area contributed by atoms with Gasteiger partial charge < -0.3 is 9.80 Å². The van der Waals surface area contributed by atoms with E-state index in [1.807, 2.05) is 4.90 Å². The molecule has 1 aliphatic rings. The number of aromatic nitrogens is 2. The Morgan fingerprint density at radius 1 is 1.14 bits per heavy atom. The van der Waals surface area contributed by atoms with Crippen molar-refractivity contribution in [2.75, 3.05) is 37.3 Å². The Morgan fingerprint density at radius 2 is 1.86 bits per heavy atom. The minimum Gasteiger partial charge on any atom is -0.352 e. The SMILES string of the molecule is CS(=O)(=O)Cc1ccc(CC(=O)N2CCN(c3ncnc4sc(CC(F)(F)F)cc34)CC2)c(Cl)c1. The van der Waals surface area contributed by atoms with Crippen LogP contribution in [0.3, 0.4) is 0 Å². The molecule has 2 aromatic heterocycles. The largest absolute Gasteiger partial charge is 0.393 e. The van der Waals surface area contributed by atoms with Gasteiger partial charge in [-0.15, -0.1) is 11.3 Å². The van der Waals surface area contributed by atoms with Gasteiger partial charge in [0.05, 0.1) is 24.0 Å². The number of carbonyl (C=O) groups excluding carboxylic acids is 1. The molecule has 0 spiro atoms. The number of carbonyl (C=O) groups is 1. The molecule has 0 radical (unpaired) electrons. The topological polar surface area (TPSA) is 83.5 Å². The lowest BCUT2D eigenvalue weighted by Gasteiger charge is -2.35. The van der Waals surface area contributed by atoms with Crippen LogP contribution in [-0.4, -0.2) is 67.8 Å². The van der Waals surface area contributed by atoms with E-state index in [0.717, 1.165) is 17.6 Å². The van der Waals surface area contributed by atoms with E-state index in [0.29, 0.717) is 58.4 Å². The maximum absolute atomic E-state index is 12.8. The highest BCUT2D eigenvalue weighted by atomic mass is 35.5. The summed E-state index contributed by atoms with van der Waals surface area (Å²) in [6, 6.07) is 6.39. The number of fused-ring (bicyclic) bond motifs is 1. The number of thiophene rings is 1. The van der Waals surface area contributed by atoms with Gasteiger partial charge in [0.15, 0.2) is 9.84 Å². The van der Waals surface area contributed by atoms with Crippen molar-refractivity contribution in [1.82, 2.24) is 14.9 Å². The van der Waals surface area contributed by atoms with Crippen LogP contribution in [0, 0.1) is 0 Å². The number of halogens is 4. The zero-order chi connectivity index (χ0) is 25.4. The molecule has 0 aliphatic carbocycles. The fourth-order valence-electron chi connectivity index (χ4n) is 4.00. The second kappa shape index (κ2) is 9.90. The molecule has 1 aliphatic heterocycles. The predicted octanol–water partition coefficient (Wildman–Crippen LogP) is 3.89. The quantitative estimate of drug-likeness (QED) is 0.466. The van der Waals surface area contributed by atoms with Crippen LogP contribution in [0.15, 0.2) is 30.6 Å². The van der Waals surface area contributed by atoms with E-state index in [1.165, 1.54) is 12.4 Å². The molecular weight excluding hydrogens is 525 g/mol. The summed E-state index contributed by atoms with van der Waals surface area (Å²) in [5.41, 5.74) is 1.18. The summed E-state index contributed by atoms with van der Waals surface area (Å²) >= 11 is 7.29. The van der Waals surface area contributed by atoms with Gasteiger partial charge in [0.2, 0.25) is 5.91 Å². The van der Waals surface area contributed by atoms with Crippen molar-refractivity contribution >= 4 is 54.7 Å². The maximum Gasteiger partial charge on any atom is 0.393 e. The Labute approximate surface area is 209 Å². The van der Waals surface area contributed by atoms with Crippen molar-refractivity contribution in [3.8, 4) is 0 Å². The van der Waals surface area contributed by atoms with E-state index in [-0.39, 0.29) is 23.0 Å². The zero-order valence-corrected chi connectivity index (χ0v) is 21.1. The molecule has 1 fully saturated rings. The first-order valence-corrected chi connectivity index (χ1v) is 13.9. The molecule has 4 rings (SSSR count). The number of anilines is 1. The summed E-state index contributed by atoms with van der Waals surface area (Å²) in [4.78, 5) is 25.6. The molecule has 0 atom stereocenters. The Bertz CT molecular complexity index is 1350. The fourth-order valence-corrected chi connectivity index (χ4v) is 6.07. The summed E-state index contributed by atoms with van der Waals surface area (Å²) < 4.78 is 61.4. The summed E-state index contributed by atoms with van der Waals surface area (Å²) in [6.45, 7) is 1.80. The molecule has 0 N–H and O–H groups in total. The van der Waals surface area contributed by atoms with E-state index >= 15 is 0 Å². The molecular formula is C22H22ClF3N4O3S2. The number of amides is 1. The lowest BCUT2D eigenvalue weighted by molar-refractivity contribution is -0.130. The van der Waals surface area contributed by atoms with Gasteiger partial charge in [-0.3, -0.25) is 4.79 Å². The van der Waals surface area contributed by atoms with E-state index in [4.69, 9.17) is 11.6 Å². The summed E-state index contributed by atoms with van der Waals surface area (Å²) in [6.07, 6.45) is -2.73. The van der Waals surface area contributed by atoms with Crippen LogP contribution in [0.1, 0.15) is 16.0 Å². The minimum atomic E-state index is -4.29. The highest BCUT2D eigenvalue weighted by Gasteiger charge is 2.30. The first-order chi connectivity index (χ1) is 16.4. The third-order valence-corrected chi connectivity index (χ3v) is 7.81. The van der Waals surface area contributed by atoms with Crippen molar-refractivity contribution in [2.24, 2.45) is 0 Å². The Hall–Kier alpha value is -2.44. The predicted molar refractivity (Wildman–Crippen MR) is 130 cm³/mol. The molecule has 7 nitrogen and oxygen atoms in total. The van der Waals surface area contributed by atoms with Crippen molar-refractivity contribution in [3.05, 3.63) is 51.6 Å². The fraction of sp³-hybridized carbons (Fsp3) is 0.409. The van der Waals surface area contributed by atoms with E-state index in [2.05, 4.69) is 9.97 Å². The summed E-state index contributed by atoms with van der Waals surface area (Å²) in [5.74, 6) is 0.329.